The van der Waals surface area contributed by atoms with E-state index < -0.39 is 30.4 Å². The number of nitrogens with two attached hydrogens (primary N) is 1. The minimum absolute atomic E-state index is 0.396. The van der Waals surface area contributed by atoms with Crippen LogP contribution in [0.25, 0.3) is 6.08 Å². The van der Waals surface area contributed by atoms with Crippen molar-refractivity contribution in [1.82, 2.24) is 4.90 Å². The van der Waals surface area contributed by atoms with E-state index in [0.717, 1.165) is 22.9 Å². The third-order valence-electron chi connectivity index (χ3n) is 3.77. The largest absolute Gasteiger partial charge is 0.452 e. The van der Waals surface area contributed by atoms with Gasteiger partial charge in [0.2, 0.25) is 5.91 Å². The fourth-order valence-corrected chi connectivity index (χ4v) is 2.79. The van der Waals surface area contributed by atoms with E-state index in [1.165, 1.54) is 11.0 Å². The number of carbonyl (C=O) groups is 3. The molecule has 1 aliphatic heterocycles. The van der Waals surface area contributed by atoms with Gasteiger partial charge in [0.15, 0.2) is 6.61 Å². The maximum atomic E-state index is 12.1. The molecule has 7 heteroatoms. The second-order valence-corrected chi connectivity index (χ2v) is 6.41. The molecule has 1 aliphatic rings. The number of primary amides is 1. The van der Waals surface area contributed by atoms with Gasteiger partial charge in [-0.2, -0.15) is 0 Å². The van der Waals surface area contributed by atoms with Crippen LogP contribution in [0.15, 0.2) is 34.8 Å². The van der Waals surface area contributed by atoms with E-state index in [1.54, 1.807) is 6.08 Å². The van der Waals surface area contributed by atoms with Crippen LogP contribution in [0, 0.1) is 0 Å². The number of ether oxygens (including phenoxy) is 1. The van der Waals surface area contributed by atoms with Crippen molar-refractivity contribution in [3.8, 4) is 0 Å². The van der Waals surface area contributed by atoms with Crippen molar-refractivity contribution >= 4 is 39.8 Å². The third kappa shape index (κ3) is 5.19. The minimum Gasteiger partial charge on any atom is -0.452 e. The molecular weight excluding hydrogens is 376 g/mol. The number of hydrogen-bond acceptors (Lipinski definition) is 4. The molecule has 1 aromatic carbocycles. The summed E-state index contributed by atoms with van der Waals surface area (Å²) in [4.78, 5) is 36.6. The van der Waals surface area contributed by atoms with Crippen molar-refractivity contribution in [1.29, 1.82) is 0 Å². The van der Waals surface area contributed by atoms with Crippen molar-refractivity contribution < 1.29 is 19.1 Å². The first-order valence-corrected chi connectivity index (χ1v) is 8.46. The number of esters is 1. The molecule has 0 bridgehead atoms. The van der Waals surface area contributed by atoms with Crippen LogP contribution >= 0.6 is 15.9 Å². The third-order valence-corrected chi connectivity index (χ3v) is 4.30. The summed E-state index contributed by atoms with van der Waals surface area (Å²) < 4.78 is 5.90. The van der Waals surface area contributed by atoms with Gasteiger partial charge >= 0.3 is 5.97 Å². The van der Waals surface area contributed by atoms with Gasteiger partial charge in [-0.15, -0.1) is 0 Å². The molecular formula is C17H19BrN2O4. The number of rotatable bonds is 5. The van der Waals surface area contributed by atoms with Gasteiger partial charge < -0.3 is 15.4 Å². The maximum Gasteiger partial charge on any atom is 0.331 e. The number of halogens is 1. The molecule has 0 unspecified atom stereocenters. The normalized spacial score (nSPS) is 17.7. The Morgan fingerprint density at radius 2 is 1.96 bits per heavy atom. The molecule has 0 radical (unpaired) electrons. The summed E-state index contributed by atoms with van der Waals surface area (Å²) in [6.45, 7) is 0.0615. The molecule has 1 fully saturated rings. The van der Waals surface area contributed by atoms with Gasteiger partial charge in [0.1, 0.15) is 6.04 Å². The second kappa shape index (κ2) is 8.63. The molecule has 6 nitrogen and oxygen atoms in total. The Morgan fingerprint density at radius 3 is 2.62 bits per heavy atom. The van der Waals surface area contributed by atoms with E-state index in [0.29, 0.717) is 13.0 Å². The number of nitrogens with zero attached hydrogens (tertiary/aromatic N) is 1. The number of amides is 2. The monoisotopic (exact) mass is 394 g/mol. The standard InChI is InChI=1S/C17H19BrN2O4/c18-13-7-4-12(5-8-13)6-9-16(22)24-11-15(21)20-10-2-1-3-14(20)17(19)23/h4-9,14H,1-3,10-11H2,(H2,19,23)/b9-6+/t14-/m1/s1. The van der Waals surface area contributed by atoms with E-state index in [9.17, 15) is 14.4 Å². The minimum atomic E-state index is -0.612. The van der Waals surface area contributed by atoms with Crippen LogP contribution in [0.5, 0.6) is 0 Å². The SMILES string of the molecule is NC(=O)[C@H]1CCCCN1C(=O)COC(=O)/C=C/c1ccc(Br)cc1. The van der Waals surface area contributed by atoms with Gasteiger partial charge in [-0.05, 0) is 43.0 Å². The zero-order valence-corrected chi connectivity index (χ0v) is 14.7. The van der Waals surface area contributed by atoms with Crippen LogP contribution in [-0.2, 0) is 19.1 Å². The van der Waals surface area contributed by atoms with E-state index in [4.69, 9.17) is 10.5 Å². The Labute approximate surface area is 148 Å². The summed E-state index contributed by atoms with van der Waals surface area (Å²) in [7, 11) is 0. The highest BCUT2D eigenvalue weighted by Crippen LogP contribution is 2.17. The number of likely N-dealkylation sites (tertiary alicyclic amines) is 1. The second-order valence-electron chi connectivity index (χ2n) is 5.49. The van der Waals surface area contributed by atoms with Crippen LogP contribution in [0.3, 0.4) is 0 Å². The van der Waals surface area contributed by atoms with Gasteiger partial charge in [-0.25, -0.2) is 4.79 Å². The van der Waals surface area contributed by atoms with Crippen LogP contribution < -0.4 is 5.73 Å². The predicted molar refractivity (Wildman–Crippen MR) is 92.7 cm³/mol. The lowest BCUT2D eigenvalue weighted by molar-refractivity contribution is -0.151. The lowest BCUT2D eigenvalue weighted by Gasteiger charge is -2.33. The Balaban J connectivity index is 1.85. The van der Waals surface area contributed by atoms with Crippen LogP contribution in [0.1, 0.15) is 24.8 Å². The summed E-state index contributed by atoms with van der Waals surface area (Å²) in [5, 5.41) is 0. The molecule has 0 aliphatic carbocycles. The van der Waals surface area contributed by atoms with Gasteiger partial charge in [0.05, 0.1) is 0 Å². The van der Waals surface area contributed by atoms with Gasteiger partial charge in [-0.1, -0.05) is 28.1 Å². The molecule has 2 amide bonds. The number of piperidine rings is 1. The van der Waals surface area contributed by atoms with Crippen LogP contribution in [0.2, 0.25) is 0 Å². The molecule has 1 saturated heterocycles. The van der Waals surface area contributed by atoms with Gasteiger partial charge in [-0.3, -0.25) is 9.59 Å². The van der Waals surface area contributed by atoms with E-state index in [-0.39, 0.29) is 0 Å². The number of benzene rings is 1. The molecule has 1 aromatic rings. The molecule has 0 aromatic heterocycles. The smallest absolute Gasteiger partial charge is 0.331 e. The average Bonchev–Trinajstić information content (AvgIpc) is 2.59. The molecule has 0 saturated carbocycles. The maximum absolute atomic E-state index is 12.1. The van der Waals surface area contributed by atoms with E-state index in [1.807, 2.05) is 24.3 Å². The van der Waals surface area contributed by atoms with Crippen LogP contribution in [0.4, 0.5) is 0 Å². The predicted octanol–water partition coefficient (Wildman–Crippen LogP) is 1.87. The molecule has 1 atom stereocenters. The summed E-state index contributed by atoms with van der Waals surface area (Å²) in [6.07, 6.45) is 5.09. The molecule has 2 rings (SSSR count). The number of hydrogen-bond donors (Lipinski definition) is 1. The summed E-state index contributed by atoms with van der Waals surface area (Å²) in [5.74, 6) is -1.53. The topological polar surface area (TPSA) is 89.7 Å². The first-order valence-electron chi connectivity index (χ1n) is 7.66. The van der Waals surface area contributed by atoms with Gasteiger partial charge in [0.25, 0.3) is 5.91 Å². The lowest BCUT2D eigenvalue weighted by Crippen LogP contribution is -2.51. The van der Waals surface area contributed by atoms with Crippen molar-refractivity contribution in [2.24, 2.45) is 5.73 Å². The fraction of sp³-hybridized carbons (Fsp3) is 0.353. The summed E-state index contributed by atoms with van der Waals surface area (Å²) in [6, 6.07) is 6.78. The van der Waals surface area contributed by atoms with Crippen molar-refractivity contribution in [3.63, 3.8) is 0 Å². The summed E-state index contributed by atoms with van der Waals surface area (Å²) >= 11 is 3.33. The van der Waals surface area contributed by atoms with Crippen molar-refractivity contribution in [2.45, 2.75) is 25.3 Å². The highest BCUT2D eigenvalue weighted by atomic mass is 79.9. The van der Waals surface area contributed by atoms with E-state index >= 15 is 0 Å². The van der Waals surface area contributed by atoms with E-state index in [2.05, 4.69) is 15.9 Å². The molecule has 1 heterocycles. The highest BCUT2D eigenvalue weighted by Gasteiger charge is 2.30. The fourth-order valence-electron chi connectivity index (χ4n) is 2.53. The Bertz CT molecular complexity index is 642. The van der Waals surface area contributed by atoms with Gasteiger partial charge in [0, 0.05) is 17.1 Å². The molecule has 128 valence electrons. The Morgan fingerprint density at radius 1 is 1.25 bits per heavy atom. The zero-order chi connectivity index (χ0) is 17.5. The number of carbonyl (C=O) groups excluding carboxylic acids is 3. The van der Waals surface area contributed by atoms with Crippen molar-refractivity contribution in [2.75, 3.05) is 13.2 Å². The first kappa shape index (κ1) is 18.2. The molecule has 24 heavy (non-hydrogen) atoms. The van der Waals surface area contributed by atoms with Crippen LogP contribution in [-0.4, -0.2) is 41.9 Å². The Kier molecular flexibility index (Phi) is 6.54. The van der Waals surface area contributed by atoms with Crippen molar-refractivity contribution in [3.05, 3.63) is 40.4 Å². The summed E-state index contributed by atoms with van der Waals surface area (Å²) in [5.41, 5.74) is 6.16. The first-order chi connectivity index (χ1) is 11.5. The lowest BCUT2D eigenvalue weighted by atomic mass is 10.0. The molecule has 0 spiro atoms. The Hall–Kier alpha value is -2.15. The highest BCUT2D eigenvalue weighted by molar-refractivity contribution is 9.10. The molecule has 2 N–H and O–H groups in total. The average molecular weight is 395 g/mol. The zero-order valence-electron chi connectivity index (χ0n) is 13.1. The quantitative estimate of drug-likeness (QED) is 0.609.